The van der Waals surface area contributed by atoms with Crippen molar-refractivity contribution in [2.24, 2.45) is 4.99 Å². The number of benzene rings is 2. The highest BCUT2D eigenvalue weighted by molar-refractivity contribution is 14.0. The molecule has 0 heterocycles. The van der Waals surface area contributed by atoms with E-state index >= 15 is 0 Å². The summed E-state index contributed by atoms with van der Waals surface area (Å²) in [5, 5.41) is 6.70. The van der Waals surface area contributed by atoms with Gasteiger partial charge in [-0.05, 0) is 43.0 Å². The Morgan fingerprint density at radius 3 is 1.96 bits per heavy atom. The summed E-state index contributed by atoms with van der Waals surface area (Å²) in [6.45, 7) is 3.74. The fourth-order valence-corrected chi connectivity index (χ4v) is 2.66. The van der Waals surface area contributed by atoms with Gasteiger partial charge < -0.3 is 20.1 Å². The van der Waals surface area contributed by atoms with E-state index in [-0.39, 0.29) is 24.0 Å². The molecule has 2 rings (SSSR count). The summed E-state index contributed by atoms with van der Waals surface area (Å²) in [5.74, 6) is 2.32. The second-order valence-electron chi connectivity index (χ2n) is 6.10. The van der Waals surface area contributed by atoms with Gasteiger partial charge in [-0.25, -0.2) is 0 Å². The van der Waals surface area contributed by atoms with Gasteiger partial charge >= 0.3 is 0 Å². The molecule has 2 aromatic carbocycles. The molecule has 0 aliphatic heterocycles. The van der Waals surface area contributed by atoms with Crippen molar-refractivity contribution in [3.8, 4) is 11.5 Å². The van der Waals surface area contributed by atoms with Crippen molar-refractivity contribution >= 4 is 29.9 Å². The lowest BCUT2D eigenvalue weighted by atomic mass is 10.1. The molecule has 0 aliphatic carbocycles. The second-order valence-corrected chi connectivity index (χ2v) is 6.10. The molecule has 0 saturated heterocycles. The first kappa shape index (κ1) is 23.1. The van der Waals surface area contributed by atoms with Crippen molar-refractivity contribution in [2.75, 3.05) is 34.4 Å². The van der Waals surface area contributed by atoms with Gasteiger partial charge in [0.25, 0.3) is 0 Å². The highest BCUT2D eigenvalue weighted by atomic mass is 127. The first-order valence-corrected chi connectivity index (χ1v) is 8.87. The average Bonchev–Trinajstić information content (AvgIpc) is 2.68. The largest absolute Gasteiger partial charge is 0.493 e. The molecule has 0 aromatic heterocycles. The number of nitrogens with zero attached hydrogens (tertiary/aromatic N) is 1. The lowest BCUT2D eigenvalue weighted by Gasteiger charge is -2.13. The number of nitrogens with one attached hydrogen (secondary N) is 2. The minimum atomic E-state index is 0. The molecule has 0 spiro atoms. The molecule has 0 aliphatic rings. The van der Waals surface area contributed by atoms with Crippen LogP contribution in [0.1, 0.15) is 16.7 Å². The van der Waals surface area contributed by atoms with Crippen LogP contribution in [0.5, 0.6) is 11.5 Å². The summed E-state index contributed by atoms with van der Waals surface area (Å²) in [4.78, 5) is 4.28. The van der Waals surface area contributed by atoms with Crippen LogP contribution in [0.25, 0.3) is 0 Å². The van der Waals surface area contributed by atoms with Crippen LogP contribution in [-0.4, -0.2) is 40.3 Å². The van der Waals surface area contributed by atoms with E-state index in [0.29, 0.717) is 0 Å². The number of methoxy groups -OCH3 is 2. The Kier molecular flexibility index (Phi) is 10.6. The number of hydrogen-bond donors (Lipinski definition) is 2. The monoisotopic (exact) mass is 483 g/mol. The van der Waals surface area contributed by atoms with Crippen molar-refractivity contribution < 1.29 is 9.47 Å². The van der Waals surface area contributed by atoms with Crippen molar-refractivity contribution in [3.05, 3.63) is 59.2 Å². The Bertz CT molecular complexity index is 718. The van der Waals surface area contributed by atoms with Crippen LogP contribution in [0.3, 0.4) is 0 Å². The van der Waals surface area contributed by atoms with Crippen molar-refractivity contribution in [1.29, 1.82) is 0 Å². The molecular weight excluding hydrogens is 453 g/mol. The van der Waals surface area contributed by atoms with E-state index in [2.05, 4.69) is 52.9 Å². The fraction of sp³-hybridized carbons (Fsp3) is 0.381. The Labute approximate surface area is 179 Å². The Morgan fingerprint density at radius 2 is 1.41 bits per heavy atom. The van der Waals surface area contributed by atoms with Gasteiger partial charge in [-0.1, -0.05) is 35.9 Å². The van der Waals surface area contributed by atoms with E-state index in [4.69, 9.17) is 9.47 Å². The first-order chi connectivity index (χ1) is 12.7. The van der Waals surface area contributed by atoms with Crippen molar-refractivity contribution in [2.45, 2.75) is 19.8 Å². The number of aliphatic imine (C=N–C) groups is 1. The molecule has 0 unspecified atom stereocenters. The number of halogens is 1. The van der Waals surface area contributed by atoms with E-state index in [1.165, 1.54) is 16.7 Å². The normalized spacial score (nSPS) is 10.7. The molecule has 6 heteroatoms. The summed E-state index contributed by atoms with van der Waals surface area (Å²) in [6.07, 6.45) is 1.84. The molecule has 27 heavy (non-hydrogen) atoms. The molecule has 5 nitrogen and oxygen atoms in total. The standard InChI is InChI=1S/C21H29N3O2.HI/c1-16-5-7-17(8-6-16)11-13-23-21(22-2)24-14-12-18-9-10-19(25-3)20(15-18)26-4;/h5-10,15H,11-14H2,1-4H3,(H2,22,23,24);1H. The maximum atomic E-state index is 5.35. The van der Waals surface area contributed by atoms with Gasteiger partial charge in [-0.3, -0.25) is 4.99 Å². The lowest BCUT2D eigenvalue weighted by molar-refractivity contribution is 0.354. The second kappa shape index (κ2) is 12.4. The summed E-state index contributed by atoms with van der Waals surface area (Å²) in [6, 6.07) is 14.6. The van der Waals surface area contributed by atoms with Gasteiger partial charge in [-0.15, -0.1) is 24.0 Å². The van der Waals surface area contributed by atoms with E-state index in [1.807, 2.05) is 12.1 Å². The predicted octanol–water partition coefficient (Wildman–Crippen LogP) is 3.58. The van der Waals surface area contributed by atoms with Crippen LogP contribution in [0.2, 0.25) is 0 Å². The van der Waals surface area contributed by atoms with Gasteiger partial charge in [0, 0.05) is 20.1 Å². The Balaban J connectivity index is 0.00000364. The predicted molar refractivity (Wildman–Crippen MR) is 123 cm³/mol. The van der Waals surface area contributed by atoms with E-state index in [9.17, 15) is 0 Å². The fourth-order valence-electron chi connectivity index (χ4n) is 2.66. The van der Waals surface area contributed by atoms with Gasteiger partial charge in [0.05, 0.1) is 14.2 Å². The third-order valence-corrected chi connectivity index (χ3v) is 4.20. The van der Waals surface area contributed by atoms with Crippen LogP contribution in [0.4, 0.5) is 0 Å². The van der Waals surface area contributed by atoms with E-state index in [1.54, 1.807) is 21.3 Å². The molecule has 0 radical (unpaired) electrons. The van der Waals surface area contributed by atoms with E-state index in [0.717, 1.165) is 43.4 Å². The zero-order valence-electron chi connectivity index (χ0n) is 16.5. The average molecular weight is 483 g/mol. The third kappa shape index (κ3) is 7.66. The number of hydrogen-bond acceptors (Lipinski definition) is 3. The molecular formula is C21H30IN3O2. The summed E-state index contributed by atoms with van der Waals surface area (Å²) < 4.78 is 10.6. The number of aryl methyl sites for hydroxylation is 1. The number of guanidine groups is 1. The topological polar surface area (TPSA) is 54.9 Å². The molecule has 0 atom stereocenters. The zero-order valence-corrected chi connectivity index (χ0v) is 18.9. The minimum Gasteiger partial charge on any atom is -0.493 e. The lowest BCUT2D eigenvalue weighted by Crippen LogP contribution is -2.39. The van der Waals surface area contributed by atoms with Crippen molar-refractivity contribution in [1.82, 2.24) is 10.6 Å². The molecule has 0 saturated carbocycles. The highest BCUT2D eigenvalue weighted by Gasteiger charge is 2.05. The quantitative estimate of drug-likeness (QED) is 0.343. The highest BCUT2D eigenvalue weighted by Crippen LogP contribution is 2.27. The molecule has 2 aromatic rings. The third-order valence-electron chi connectivity index (χ3n) is 4.20. The van der Waals surface area contributed by atoms with Crippen LogP contribution >= 0.6 is 24.0 Å². The SMILES string of the molecule is CN=C(NCCc1ccc(C)cc1)NCCc1ccc(OC)c(OC)c1.I. The van der Waals surface area contributed by atoms with Crippen LogP contribution < -0.4 is 20.1 Å². The Hall–Kier alpha value is -1.96. The number of rotatable bonds is 8. The molecule has 0 bridgehead atoms. The van der Waals surface area contributed by atoms with E-state index < -0.39 is 0 Å². The van der Waals surface area contributed by atoms with Gasteiger partial charge in [0.15, 0.2) is 17.5 Å². The minimum absolute atomic E-state index is 0. The summed E-state index contributed by atoms with van der Waals surface area (Å²) in [5.41, 5.74) is 3.79. The van der Waals surface area contributed by atoms with Crippen molar-refractivity contribution in [3.63, 3.8) is 0 Å². The smallest absolute Gasteiger partial charge is 0.190 e. The maximum Gasteiger partial charge on any atom is 0.190 e. The van der Waals surface area contributed by atoms with Gasteiger partial charge in [0.2, 0.25) is 0 Å². The molecule has 2 N–H and O–H groups in total. The van der Waals surface area contributed by atoms with Gasteiger partial charge in [-0.2, -0.15) is 0 Å². The zero-order chi connectivity index (χ0) is 18.8. The van der Waals surface area contributed by atoms with Gasteiger partial charge in [0.1, 0.15) is 0 Å². The molecule has 148 valence electrons. The molecule has 0 amide bonds. The summed E-state index contributed by atoms with van der Waals surface area (Å²) in [7, 11) is 5.09. The van der Waals surface area contributed by atoms with Crippen LogP contribution in [-0.2, 0) is 12.8 Å². The first-order valence-electron chi connectivity index (χ1n) is 8.87. The summed E-state index contributed by atoms with van der Waals surface area (Å²) >= 11 is 0. The molecule has 0 fully saturated rings. The van der Waals surface area contributed by atoms with Crippen LogP contribution in [0.15, 0.2) is 47.5 Å². The Morgan fingerprint density at radius 1 is 0.852 bits per heavy atom. The maximum absolute atomic E-state index is 5.35. The number of ether oxygens (including phenoxy) is 2. The van der Waals surface area contributed by atoms with Crippen LogP contribution in [0, 0.1) is 6.92 Å².